The zero-order valence-corrected chi connectivity index (χ0v) is 9.07. The molecule has 0 heterocycles. The summed E-state index contributed by atoms with van der Waals surface area (Å²) in [7, 11) is 1.75. The first kappa shape index (κ1) is 13.2. The summed E-state index contributed by atoms with van der Waals surface area (Å²) in [5.41, 5.74) is 0.818. The normalized spacial score (nSPS) is 11.9. The van der Waals surface area contributed by atoms with Crippen molar-refractivity contribution in [2.75, 3.05) is 6.61 Å². The third-order valence-electron chi connectivity index (χ3n) is 1.83. The first-order valence-electron chi connectivity index (χ1n) is 4.38. The molecule has 1 aromatic carbocycles. The molecule has 7 heteroatoms. The Morgan fingerprint density at radius 1 is 1.38 bits per heavy atom. The molecular formula is C9H8BClF4O. The van der Waals surface area contributed by atoms with Crippen molar-refractivity contribution in [3.05, 3.63) is 23.2 Å². The predicted molar refractivity (Wildman–Crippen MR) is 56.1 cm³/mol. The number of benzene rings is 1. The number of halogens is 5. The van der Waals surface area contributed by atoms with Gasteiger partial charge < -0.3 is 4.74 Å². The van der Waals surface area contributed by atoms with Crippen LogP contribution in [-0.4, -0.2) is 26.8 Å². The molecule has 1 aromatic rings. The van der Waals surface area contributed by atoms with Crippen molar-refractivity contribution in [3.63, 3.8) is 0 Å². The van der Waals surface area contributed by atoms with Gasteiger partial charge in [-0.1, -0.05) is 23.1 Å². The highest BCUT2D eigenvalue weighted by atomic mass is 35.5. The van der Waals surface area contributed by atoms with Crippen LogP contribution in [-0.2, 0) is 0 Å². The van der Waals surface area contributed by atoms with E-state index in [0.717, 1.165) is 5.46 Å². The van der Waals surface area contributed by atoms with Gasteiger partial charge in [0, 0.05) is 0 Å². The second-order valence-corrected chi connectivity index (χ2v) is 3.69. The number of hydrogen-bond acceptors (Lipinski definition) is 1. The van der Waals surface area contributed by atoms with E-state index >= 15 is 0 Å². The third-order valence-corrected chi connectivity index (χ3v) is 2.12. The Labute approximate surface area is 95.8 Å². The molecule has 0 aliphatic heterocycles. The van der Waals surface area contributed by atoms with Crippen LogP contribution >= 0.6 is 11.6 Å². The largest absolute Gasteiger partial charge is 0.486 e. The van der Waals surface area contributed by atoms with Crippen LogP contribution in [0.25, 0.3) is 0 Å². The fraction of sp³-hybridized carbons (Fsp3) is 0.333. The number of ether oxygens (including phenoxy) is 1. The summed E-state index contributed by atoms with van der Waals surface area (Å²) in [6.07, 6.45) is -3.75. The zero-order chi connectivity index (χ0) is 12.3. The summed E-state index contributed by atoms with van der Waals surface area (Å²) in [5, 5.41) is 0.116. The molecule has 1 nitrogen and oxygen atoms in total. The lowest BCUT2D eigenvalue weighted by molar-refractivity contribution is -0.148. The Bertz CT molecular complexity index is 373. The van der Waals surface area contributed by atoms with Crippen LogP contribution in [0.5, 0.6) is 5.75 Å². The maximum absolute atomic E-state index is 12.5. The van der Waals surface area contributed by atoms with Crippen molar-refractivity contribution in [2.24, 2.45) is 0 Å². The monoisotopic (exact) mass is 254 g/mol. The van der Waals surface area contributed by atoms with Gasteiger partial charge in [0.05, 0.1) is 5.02 Å². The van der Waals surface area contributed by atoms with E-state index in [1.165, 1.54) is 12.1 Å². The maximum Gasteiger partial charge on any atom is 0.340 e. The molecule has 0 aromatic heterocycles. The quantitative estimate of drug-likeness (QED) is 0.589. The van der Waals surface area contributed by atoms with E-state index in [-0.39, 0.29) is 10.8 Å². The van der Waals surface area contributed by atoms with Crippen LogP contribution in [0.1, 0.15) is 0 Å². The van der Waals surface area contributed by atoms with Gasteiger partial charge in [0.2, 0.25) is 0 Å². The first-order valence-corrected chi connectivity index (χ1v) is 4.75. The van der Waals surface area contributed by atoms with Gasteiger partial charge in [-0.2, -0.15) is 8.78 Å². The van der Waals surface area contributed by atoms with Gasteiger partial charge >= 0.3 is 12.3 Å². The highest BCUT2D eigenvalue weighted by Crippen LogP contribution is 2.27. The molecule has 0 spiro atoms. The van der Waals surface area contributed by atoms with Crippen LogP contribution in [0.2, 0.25) is 5.02 Å². The Kier molecular flexibility index (Phi) is 4.07. The molecule has 16 heavy (non-hydrogen) atoms. The van der Waals surface area contributed by atoms with Crippen molar-refractivity contribution >= 4 is 24.9 Å². The predicted octanol–water partition coefficient (Wildman–Crippen LogP) is 1.88. The van der Waals surface area contributed by atoms with Gasteiger partial charge in [0.1, 0.15) is 13.6 Å². The van der Waals surface area contributed by atoms with Gasteiger partial charge in [-0.05, 0) is 12.1 Å². The van der Waals surface area contributed by atoms with Crippen LogP contribution in [0, 0.1) is 0 Å². The van der Waals surface area contributed by atoms with Crippen LogP contribution in [0.3, 0.4) is 0 Å². The van der Waals surface area contributed by atoms with Gasteiger partial charge in [-0.3, -0.25) is 0 Å². The van der Waals surface area contributed by atoms with Crippen LogP contribution in [0.15, 0.2) is 18.2 Å². The SMILES string of the molecule is Bc1ccc(OCC(F)(F)C(F)F)c(Cl)c1. The Balaban J connectivity index is 2.68. The smallest absolute Gasteiger partial charge is 0.340 e. The molecule has 0 N–H and O–H groups in total. The highest BCUT2D eigenvalue weighted by molar-refractivity contribution is 6.37. The topological polar surface area (TPSA) is 9.23 Å². The molecule has 0 bridgehead atoms. The fourth-order valence-corrected chi connectivity index (χ4v) is 1.25. The van der Waals surface area contributed by atoms with Crippen LogP contribution < -0.4 is 10.2 Å². The lowest BCUT2D eigenvalue weighted by atomic mass is 9.97. The van der Waals surface area contributed by atoms with E-state index in [0.29, 0.717) is 0 Å². The molecule has 0 aliphatic rings. The third kappa shape index (κ3) is 3.30. The van der Waals surface area contributed by atoms with E-state index < -0.39 is 19.0 Å². The lowest BCUT2D eigenvalue weighted by Crippen LogP contribution is -2.33. The lowest BCUT2D eigenvalue weighted by Gasteiger charge is -2.16. The van der Waals surface area contributed by atoms with Gasteiger partial charge in [0.25, 0.3) is 0 Å². The summed E-state index contributed by atoms with van der Waals surface area (Å²) in [6, 6.07) is 4.44. The molecule has 0 atom stereocenters. The molecule has 0 amide bonds. The zero-order valence-electron chi connectivity index (χ0n) is 8.31. The van der Waals surface area contributed by atoms with Crippen molar-refractivity contribution in [1.29, 1.82) is 0 Å². The van der Waals surface area contributed by atoms with Crippen molar-refractivity contribution in [3.8, 4) is 5.75 Å². The second kappa shape index (κ2) is 4.95. The average molecular weight is 254 g/mol. The highest BCUT2D eigenvalue weighted by Gasteiger charge is 2.41. The van der Waals surface area contributed by atoms with E-state index in [9.17, 15) is 17.6 Å². The Morgan fingerprint density at radius 3 is 2.50 bits per heavy atom. The molecule has 0 fully saturated rings. The summed E-state index contributed by atoms with van der Waals surface area (Å²) < 4.78 is 53.2. The molecule has 0 saturated heterocycles. The molecule has 0 saturated carbocycles. The van der Waals surface area contributed by atoms with Gasteiger partial charge in [0.15, 0.2) is 6.61 Å². The summed E-state index contributed by atoms with van der Waals surface area (Å²) in [5.74, 6) is -4.21. The van der Waals surface area contributed by atoms with E-state index in [2.05, 4.69) is 4.74 Å². The van der Waals surface area contributed by atoms with E-state index in [1.54, 1.807) is 13.9 Å². The van der Waals surface area contributed by atoms with Crippen molar-refractivity contribution in [2.45, 2.75) is 12.3 Å². The van der Waals surface area contributed by atoms with Crippen LogP contribution in [0.4, 0.5) is 17.6 Å². The summed E-state index contributed by atoms with van der Waals surface area (Å²) in [6.45, 7) is -1.40. The van der Waals surface area contributed by atoms with Gasteiger partial charge in [-0.15, -0.1) is 0 Å². The number of alkyl halides is 4. The minimum atomic E-state index is -4.17. The molecular weight excluding hydrogens is 246 g/mol. The molecule has 0 unspecified atom stereocenters. The van der Waals surface area contributed by atoms with Crippen molar-refractivity contribution < 1.29 is 22.3 Å². The Hall–Kier alpha value is -0.905. The average Bonchev–Trinajstić information content (AvgIpc) is 2.16. The van der Waals surface area contributed by atoms with Crippen molar-refractivity contribution in [1.82, 2.24) is 0 Å². The minimum absolute atomic E-state index is 0.0346. The summed E-state index contributed by atoms with van der Waals surface area (Å²) in [4.78, 5) is 0. The standard InChI is InChI=1S/C9H8BClF4O/c10-5-1-2-7(6(11)3-5)16-4-9(14,15)8(12)13/h1-3,8H,4,10H2. The second-order valence-electron chi connectivity index (χ2n) is 3.28. The molecule has 0 radical (unpaired) electrons. The number of hydrogen-bond donors (Lipinski definition) is 0. The minimum Gasteiger partial charge on any atom is -0.486 e. The number of rotatable bonds is 4. The molecule has 0 aliphatic carbocycles. The van der Waals surface area contributed by atoms with Gasteiger partial charge in [-0.25, -0.2) is 8.78 Å². The summed E-state index contributed by atoms with van der Waals surface area (Å²) >= 11 is 5.68. The first-order chi connectivity index (χ1) is 7.33. The molecule has 88 valence electrons. The Morgan fingerprint density at radius 2 is 2.00 bits per heavy atom. The fourth-order valence-electron chi connectivity index (χ4n) is 0.960. The van der Waals surface area contributed by atoms with E-state index in [4.69, 9.17) is 11.6 Å². The molecule has 1 rings (SSSR count). The maximum atomic E-state index is 12.5. The van der Waals surface area contributed by atoms with E-state index in [1.807, 2.05) is 0 Å².